The van der Waals surface area contributed by atoms with E-state index in [9.17, 15) is 4.79 Å². The summed E-state index contributed by atoms with van der Waals surface area (Å²) in [5.41, 5.74) is 0. The van der Waals surface area contributed by atoms with Gasteiger partial charge in [-0.1, -0.05) is 19.8 Å². The van der Waals surface area contributed by atoms with Crippen LogP contribution in [0, 0.1) is 5.92 Å². The van der Waals surface area contributed by atoms with Gasteiger partial charge in [0.05, 0.1) is 0 Å². The van der Waals surface area contributed by atoms with Gasteiger partial charge < -0.3 is 4.90 Å². The van der Waals surface area contributed by atoms with Crippen LogP contribution in [-0.4, -0.2) is 47.4 Å². The van der Waals surface area contributed by atoms with Crippen LogP contribution in [0.4, 0.5) is 0 Å². The summed E-state index contributed by atoms with van der Waals surface area (Å²) < 4.78 is 0. The second-order valence-corrected chi connectivity index (χ2v) is 6.99. The summed E-state index contributed by atoms with van der Waals surface area (Å²) in [5.74, 6) is 1.15. The van der Waals surface area contributed by atoms with E-state index in [0.717, 1.165) is 19.5 Å². The quantitative estimate of drug-likeness (QED) is 0.789. The maximum Gasteiger partial charge on any atom is 0.223 e. The Bertz CT molecular complexity index is 338. The summed E-state index contributed by atoms with van der Waals surface area (Å²) in [6.45, 7) is 5.66. The van der Waals surface area contributed by atoms with Gasteiger partial charge in [-0.15, -0.1) is 0 Å². The molecular weight excluding hydrogens is 248 g/mol. The number of nitrogens with zero attached hydrogens (tertiary/aromatic N) is 2. The first-order valence-electron chi connectivity index (χ1n) is 8.83. The highest BCUT2D eigenvalue weighted by Crippen LogP contribution is 2.33. The van der Waals surface area contributed by atoms with Crippen LogP contribution in [0.3, 0.4) is 0 Å². The highest BCUT2D eigenvalue weighted by molar-refractivity contribution is 5.77. The van der Waals surface area contributed by atoms with Gasteiger partial charge in [0.2, 0.25) is 5.91 Å². The van der Waals surface area contributed by atoms with Crippen LogP contribution < -0.4 is 0 Å². The smallest absolute Gasteiger partial charge is 0.223 e. The SMILES string of the molecule is CCN1CCC[C@@H]1[C@H]1CCCN1C(=O)CC1CCCC1. The van der Waals surface area contributed by atoms with Gasteiger partial charge in [0.25, 0.3) is 0 Å². The first-order chi connectivity index (χ1) is 9.79. The molecule has 20 heavy (non-hydrogen) atoms. The summed E-state index contributed by atoms with van der Waals surface area (Å²) in [7, 11) is 0. The van der Waals surface area contributed by atoms with Crippen molar-refractivity contribution in [3.63, 3.8) is 0 Å². The summed E-state index contributed by atoms with van der Waals surface area (Å²) in [4.78, 5) is 17.5. The molecule has 2 aliphatic heterocycles. The lowest BCUT2D eigenvalue weighted by atomic mass is 10.00. The third kappa shape index (κ3) is 2.88. The van der Waals surface area contributed by atoms with Crippen LogP contribution in [0.15, 0.2) is 0 Å². The van der Waals surface area contributed by atoms with Crippen LogP contribution in [0.5, 0.6) is 0 Å². The zero-order valence-electron chi connectivity index (χ0n) is 13.0. The molecule has 3 nitrogen and oxygen atoms in total. The number of hydrogen-bond donors (Lipinski definition) is 0. The van der Waals surface area contributed by atoms with Crippen molar-refractivity contribution in [2.24, 2.45) is 5.92 Å². The van der Waals surface area contributed by atoms with Crippen molar-refractivity contribution in [2.75, 3.05) is 19.6 Å². The second kappa shape index (κ2) is 6.46. The summed E-state index contributed by atoms with van der Waals surface area (Å²) in [5, 5.41) is 0. The number of rotatable bonds is 4. The van der Waals surface area contributed by atoms with E-state index in [4.69, 9.17) is 0 Å². The van der Waals surface area contributed by atoms with Gasteiger partial charge in [-0.25, -0.2) is 0 Å². The molecule has 3 heteroatoms. The molecule has 0 bridgehead atoms. The molecule has 0 aromatic carbocycles. The van der Waals surface area contributed by atoms with E-state index >= 15 is 0 Å². The van der Waals surface area contributed by atoms with Gasteiger partial charge in [0, 0.05) is 25.0 Å². The predicted octanol–water partition coefficient (Wildman–Crippen LogP) is 3.04. The highest BCUT2D eigenvalue weighted by atomic mass is 16.2. The van der Waals surface area contributed by atoms with Crippen LogP contribution in [0.25, 0.3) is 0 Å². The van der Waals surface area contributed by atoms with E-state index in [0.29, 0.717) is 23.9 Å². The van der Waals surface area contributed by atoms with Gasteiger partial charge in [-0.05, 0) is 57.5 Å². The molecule has 2 atom stereocenters. The molecule has 0 aromatic heterocycles. The third-order valence-corrected chi connectivity index (χ3v) is 5.82. The Labute approximate surface area is 123 Å². The van der Waals surface area contributed by atoms with Gasteiger partial charge in [0.1, 0.15) is 0 Å². The Morgan fingerprint density at radius 3 is 2.40 bits per heavy atom. The number of carbonyl (C=O) groups is 1. The van der Waals surface area contributed by atoms with Crippen molar-refractivity contribution in [2.45, 2.75) is 76.8 Å². The zero-order valence-corrected chi connectivity index (χ0v) is 13.0. The Balaban J connectivity index is 1.61. The molecule has 0 spiro atoms. The monoisotopic (exact) mass is 278 g/mol. The van der Waals surface area contributed by atoms with Crippen LogP contribution >= 0.6 is 0 Å². The maximum atomic E-state index is 12.7. The molecule has 3 fully saturated rings. The standard InChI is InChI=1S/C17H30N2O/c1-2-18-11-5-9-15(18)16-10-6-12-19(16)17(20)13-14-7-3-4-8-14/h14-16H,2-13H2,1H3/t15-,16-/m1/s1. The minimum Gasteiger partial charge on any atom is -0.338 e. The summed E-state index contributed by atoms with van der Waals surface area (Å²) >= 11 is 0. The van der Waals surface area contributed by atoms with Crippen molar-refractivity contribution < 1.29 is 4.79 Å². The fourth-order valence-corrected chi connectivity index (χ4v) is 4.76. The molecule has 114 valence electrons. The average molecular weight is 278 g/mol. The van der Waals surface area contributed by atoms with Crippen molar-refractivity contribution in [3.8, 4) is 0 Å². The minimum absolute atomic E-state index is 0.461. The number of hydrogen-bond acceptors (Lipinski definition) is 2. The fourth-order valence-electron chi connectivity index (χ4n) is 4.76. The van der Waals surface area contributed by atoms with E-state index in [1.807, 2.05) is 0 Å². The molecular formula is C17H30N2O. The van der Waals surface area contributed by atoms with Crippen LogP contribution in [0.1, 0.15) is 64.7 Å². The molecule has 0 radical (unpaired) electrons. The molecule has 2 saturated heterocycles. The van der Waals surface area contributed by atoms with Gasteiger partial charge >= 0.3 is 0 Å². The molecule has 1 amide bonds. The van der Waals surface area contributed by atoms with Crippen LogP contribution in [-0.2, 0) is 4.79 Å². The Kier molecular flexibility index (Phi) is 4.65. The van der Waals surface area contributed by atoms with E-state index < -0.39 is 0 Å². The zero-order chi connectivity index (χ0) is 13.9. The van der Waals surface area contributed by atoms with Gasteiger partial charge in [0.15, 0.2) is 0 Å². The third-order valence-electron chi connectivity index (χ3n) is 5.82. The van der Waals surface area contributed by atoms with Gasteiger partial charge in [-0.2, -0.15) is 0 Å². The predicted molar refractivity (Wildman–Crippen MR) is 81.6 cm³/mol. The lowest BCUT2D eigenvalue weighted by Crippen LogP contribution is -2.48. The normalized spacial score (nSPS) is 32.4. The number of amides is 1. The number of likely N-dealkylation sites (N-methyl/N-ethyl adjacent to an activating group) is 1. The molecule has 0 unspecified atom stereocenters. The molecule has 0 aromatic rings. The first-order valence-corrected chi connectivity index (χ1v) is 8.83. The number of carbonyl (C=O) groups excluding carboxylic acids is 1. The van der Waals surface area contributed by atoms with Gasteiger partial charge in [-0.3, -0.25) is 9.69 Å². The summed E-state index contributed by atoms with van der Waals surface area (Å²) in [6, 6.07) is 1.17. The average Bonchev–Trinajstić information content (AvgIpc) is 3.18. The van der Waals surface area contributed by atoms with Crippen molar-refractivity contribution >= 4 is 5.91 Å². The largest absolute Gasteiger partial charge is 0.338 e. The van der Waals surface area contributed by atoms with Crippen molar-refractivity contribution in [1.82, 2.24) is 9.80 Å². The van der Waals surface area contributed by atoms with E-state index in [1.54, 1.807) is 0 Å². The molecule has 0 N–H and O–H groups in total. The maximum absolute atomic E-state index is 12.7. The Morgan fingerprint density at radius 2 is 1.65 bits per heavy atom. The fraction of sp³-hybridized carbons (Fsp3) is 0.941. The van der Waals surface area contributed by atoms with Crippen molar-refractivity contribution in [3.05, 3.63) is 0 Å². The molecule has 1 saturated carbocycles. The molecule has 2 heterocycles. The topological polar surface area (TPSA) is 23.6 Å². The molecule has 3 rings (SSSR count). The second-order valence-electron chi connectivity index (χ2n) is 6.99. The highest BCUT2D eigenvalue weighted by Gasteiger charge is 2.39. The summed E-state index contributed by atoms with van der Waals surface area (Å²) in [6.07, 6.45) is 11.2. The number of likely N-dealkylation sites (tertiary alicyclic amines) is 2. The minimum atomic E-state index is 0.461. The van der Waals surface area contributed by atoms with E-state index in [1.165, 1.54) is 57.9 Å². The molecule has 1 aliphatic carbocycles. The van der Waals surface area contributed by atoms with E-state index in [2.05, 4.69) is 16.7 Å². The molecule has 3 aliphatic rings. The lowest BCUT2D eigenvalue weighted by Gasteiger charge is -2.35. The van der Waals surface area contributed by atoms with Crippen molar-refractivity contribution in [1.29, 1.82) is 0 Å². The van der Waals surface area contributed by atoms with Crippen LogP contribution in [0.2, 0.25) is 0 Å². The first kappa shape index (κ1) is 14.4. The van der Waals surface area contributed by atoms with E-state index in [-0.39, 0.29) is 0 Å². The lowest BCUT2D eigenvalue weighted by molar-refractivity contribution is -0.134. The Hall–Kier alpha value is -0.570. The Morgan fingerprint density at radius 1 is 0.950 bits per heavy atom.